The number of para-hydroxylation sites is 1. The van der Waals surface area contributed by atoms with Gasteiger partial charge in [-0.05, 0) is 31.2 Å². The van der Waals surface area contributed by atoms with E-state index < -0.39 is 0 Å². The van der Waals surface area contributed by atoms with Gasteiger partial charge < -0.3 is 14.5 Å². The van der Waals surface area contributed by atoms with Crippen molar-refractivity contribution in [3.8, 4) is 5.75 Å². The zero-order valence-electron chi connectivity index (χ0n) is 13.2. The van der Waals surface area contributed by atoms with E-state index >= 15 is 0 Å². The highest BCUT2D eigenvalue weighted by molar-refractivity contribution is 5.87. The highest BCUT2D eigenvalue weighted by Crippen LogP contribution is 2.37. The second kappa shape index (κ2) is 6.10. The van der Waals surface area contributed by atoms with Gasteiger partial charge >= 0.3 is 0 Å². The Bertz CT molecular complexity index is 611. The fraction of sp³-hybridized carbons (Fsp3) is 0.556. The van der Waals surface area contributed by atoms with Crippen molar-refractivity contribution in [1.82, 2.24) is 5.32 Å². The molecule has 1 fully saturated rings. The predicted molar refractivity (Wildman–Crippen MR) is 86.0 cm³/mol. The summed E-state index contributed by atoms with van der Waals surface area (Å²) in [5.74, 6) is 2.39. The van der Waals surface area contributed by atoms with Crippen LogP contribution in [0.2, 0.25) is 0 Å². The third-order valence-electron chi connectivity index (χ3n) is 3.96. The van der Waals surface area contributed by atoms with Gasteiger partial charge in [-0.3, -0.25) is 0 Å². The molecule has 2 aromatic rings. The van der Waals surface area contributed by atoms with Crippen molar-refractivity contribution >= 4 is 11.0 Å². The highest BCUT2D eigenvalue weighted by Gasteiger charge is 2.24. The Morgan fingerprint density at radius 2 is 2.14 bits per heavy atom. The van der Waals surface area contributed by atoms with Crippen LogP contribution in [0.15, 0.2) is 22.6 Å². The van der Waals surface area contributed by atoms with Crippen molar-refractivity contribution in [2.45, 2.75) is 58.5 Å². The van der Waals surface area contributed by atoms with E-state index in [9.17, 15) is 0 Å². The highest BCUT2D eigenvalue weighted by atomic mass is 16.5. The number of hydrogen-bond acceptors (Lipinski definition) is 3. The summed E-state index contributed by atoms with van der Waals surface area (Å²) in [5, 5.41) is 4.76. The van der Waals surface area contributed by atoms with Crippen LogP contribution in [0.1, 0.15) is 57.3 Å². The summed E-state index contributed by atoms with van der Waals surface area (Å²) in [6, 6.07) is 6.90. The van der Waals surface area contributed by atoms with Gasteiger partial charge in [-0.15, -0.1) is 0 Å². The van der Waals surface area contributed by atoms with Crippen LogP contribution in [0, 0.1) is 0 Å². The van der Waals surface area contributed by atoms with E-state index in [2.05, 4.69) is 38.2 Å². The van der Waals surface area contributed by atoms with Crippen LogP contribution in [0.4, 0.5) is 0 Å². The van der Waals surface area contributed by atoms with E-state index in [1.54, 1.807) is 0 Å². The van der Waals surface area contributed by atoms with Gasteiger partial charge in [0.05, 0.1) is 13.2 Å². The summed E-state index contributed by atoms with van der Waals surface area (Å²) < 4.78 is 12.0. The van der Waals surface area contributed by atoms with Crippen molar-refractivity contribution in [1.29, 1.82) is 0 Å². The minimum absolute atomic E-state index is 0.448. The number of nitrogens with one attached hydrogen (secondary N) is 1. The first kappa shape index (κ1) is 14.5. The van der Waals surface area contributed by atoms with Gasteiger partial charge in [0, 0.05) is 17.0 Å². The molecule has 114 valence electrons. The first-order valence-electron chi connectivity index (χ1n) is 8.11. The molecule has 1 aromatic heterocycles. The minimum atomic E-state index is 0.448. The largest absolute Gasteiger partial charge is 0.490 e. The number of ether oxygens (including phenoxy) is 1. The van der Waals surface area contributed by atoms with Crippen LogP contribution in [0.5, 0.6) is 5.75 Å². The normalized spacial score (nSPS) is 15.0. The van der Waals surface area contributed by atoms with Crippen LogP contribution in [0.25, 0.3) is 11.0 Å². The monoisotopic (exact) mass is 287 g/mol. The minimum Gasteiger partial charge on any atom is -0.490 e. The third kappa shape index (κ3) is 3.08. The molecule has 0 bridgehead atoms. The van der Waals surface area contributed by atoms with Gasteiger partial charge in [0.1, 0.15) is 5.76 Å². The zero-order chi connectivity index (χ0) is 14.8. The summed E-state index contributed by atoms with van der Waals surface area (Å²) in [4.78, 5) is 0. The van der Waals surface area contributed by atoms with Gasteiger partial charge in [-0.1, -0.05) is 32.9 Å². The Balaban J connectivity index is 1.97. The SMILES string of the molecule is CCCOc1cccc2c(C(C)C)c(CNC3CC3)oc12. The molecule has 0 unspecified atom stereocenters. The quantitative estimate of drug-likeness (QED) is 0.808. The molecular formula is C18H25NO2. The molecule has 3 heteroatoms. The van der Waals surface area contributed by atoms with Crippen molar-refractivity contribution in [3.63, 3.8) is 0 Å². The van der Waals surface area contributed by atoms with E-state index in [1.165, 1.54) is 23.8 Å². The first-order chi connectivity index (χ1) is 10.2. The van der Waals surface area contributed by atoms with Crippen molar-refractivity contribution in [2.24, 2.45) is 0 Å². The Hall–Kier alpha value is -1.48. The molecule has 0 atom stereocenters. The molecule has 0 radical (unpaired) electrons. The molecule has 0 spiro atoms. The molecule has 1 N–H and O–H groups in total. The Morgan fingerprint density at radius 3 is 2.81 bits per heavy atom. The van der Waals surface area contributed by atoms with Crippen molar-refractivity contribution < 1.29 is 9.15 Å². The summed E-state index contributed by atoms with van der Waals surface area (Å²) in [6.07, 6.45) is 3.59. The van der Waals surface area contributed by atoms with Gasteiger partial charge in [0.25, 0.3) is 0 Å². The van der Waals surface area contributed by atoms with Gasteiger partial charge in [0.2, 0.25) is 0 Å². The lowest BCUT2D eigenvalue weighted by molar-refractivity contribution is 0.315. The van der Waals surface area contributed by atoms with Crippen LogP contribution in [-0.4, -0.2) is 12.6 Å². The molecule has 0 amide bonds. The Kier molecular flexibility index (Phi) is 4.20. The number of fused-ring (bicyclic) bond motifs is 1. The molecule has 21 heavy (non-hydrogen) atoms. The molecule has 1 heterocycles. The van der Waals surface area contributed by atoms with E-state index in [0.29, 0.717) is 12.0 Å². The first-order valence-corrected chi connectivity index (χ1v) is 8.11. The molecule has 1 aromatic carbocycles. The number of hydrogen-bond donors (Lipinski definition) is 1. The molecule has 3 rings (SSSR count). The summed E-state index contributed by atoms with van der Waals surface area (Å²) in [7, 11) is 0. The lowest BCUT2D eigenvalue weighted by Gasteiger charge is -2.07. The Labute approximate surface area is 126 Å². The van der Waals surface area contributed by atoms with E-state index in [-0.39, 0.29) is 0 Å². The fourth-order valence-electron chi connectivity index (χ4n) is 2.78. The van der Waals surface area contributed by atoms with E-state index in [4.69, 9.17) is 9.15 Å². The van der Waals surface area contributed by atoms with Gasteiger partial charge in [0.15, 0.2) is 11.3 Å². The van der Waals surface area contributed by atoms with E-state index in [0.717, 1.165) is 36.7 Å². The van der Waals surface area contributed by atoms with Crippen LogP contribution in [-0.2, 0) is 6.54 Å². The van der Waals surface area contributed by atoms with Crippen molar-refractivity contribution in [2.75, 3.05) is 6.61 Å². The summed E-state index contributed by atoms with van der Waals surface area (Å²) in [6.45, 7) is 8.12. The summed E-state index contributed by atoms with van der Waals surface area (Å²) in [5.41, 5.74) is 2.22. The number of furan rings is 1. The third-order valence-corrected chi connectivity index (χ3v) is 3.96. The predicted octanol–water partition coefficient (Wildman–Crippen LogP) is 4.60. The second-order valence-electron chi connectivity index (χ2n) is 6.23. The van der Waals surface area contributed by atoms with Gasteiger partial charge in [-0.25, -0.2) is 0 Å². The molecule has 1 saturated carbocycles. The van der Waals surface area contributed by atoms with Crippen molar-refractivity contribution in [3.05, 3.63) is 29.5 Å². The second-order valence-corrected chi connectivity index (χ2v) is 6.23. The van der Waals surface area contributed by atoms with E-state index in [1.807, 2.05) is 6.07 Å². The van der Waals surface area contributed by atoms with Crippen LogP contribution >= 0.6 is 0 Å². The topological polar surface area (TPSA) is 34.4 Å². The maximum Gasteiger partial charge on any atom is 0.176 e. The smallest absolute Gasteiger partial charge is 0.176 e. The lowest BCUT2D eigenvalue weighted by atomic mass is 9.99. The molecule has 3 nitrogen and oxygen atoms in total. The molecule has 0 saturated heterocycles. The molecule has 1 aliphatic carbocycles. The molecule has 1 aliphatic rings. The zero-order valence-corrected chi connectivity index (χ0v) is 13.2. The van der Waals surface area contributed by atoms with Gasteiger partial charge in [-0.2, -0.15) is 0 Å². The lowest BCUT2D eigenvalue weighted by Crippen LogP contribution is -2.15. The fourth-order valence-corrected chi connectivity index (χ4v) is 2.78. The molecular weight excluding hydrogens is 262 g/mol. The Morgan fingerprint density at radius 1 is 1.33 bits per heavy atom. The average Bonchev–Trinajstić information content (AvgIpc) is 3.21. The standard InChI is InChI=1S/C18H25NO2/c1-4-10-20-15-7-5-6-14-17(12(2)3)16(21-18(14)15)11-19-13-8-9-13/h5-7,12-13,19H,4,8-11H2,1-3H3. The van der Waals surface area contributed by atoms with Crippen LogP contribution in [0.3, 0.4) is 0 Å². The average molecular weight is 287 g/mol. The molecule has 0 aliphatic heterocycles. The summed E-state index contributed by atoms with van der Waals surface area (Å²) >= 11 is 0. The maximum atomic E-state index is 6.18. The van der Waals surface area contributed by atoms with Crippen LogP contribution < -0.4 is 10.1 Å². The maximum absolute atomic E-state index is 6.18. The number of benzene rings is 1. The number of rotatable bonds is 7.